The summed E-state index contributed by atoms with van der Waals surface area (Å²) in [4.78, 5) is 10.8. The van der Waals surface area contributed by atoms with Gasteiger partial charge >= 0.3 is 5.97 Å². The summed E-state index contributed by atoms with van der Waals surface area (Å²) in [6.45, 7) is 5.23. The zero-order valence-electron chi connectivity index (χ0n) is 11.3. The maximum absolute atomic E-state index is 10.8. The molecule has 0 aliphatic carbocycles. The monoisotopic (exact) mass is 267 g/mol. The molecule has 0 spiro atoms. The fourth-order valence-corrected chi connectivity index (χ4v) is 1.65. The van der Waals surface area contributed by atoms with Crippen molar-refractivity contribution in [3.8, 4) is 5.75 Å². The lowest BCUT2D eigenvalue weighted by molar-refractivity contribution is 0.0696. The number of aliphatic hydroxyl groups is 1. The SMILES string of the molecule is CC(C)(CCO)NCCOc1cccc(C(=O)O)c1. The van der Waals surface area contributed by atoms with E-state index in [0.717, 1.165) is 0 Å². The molecule has 0 bridgehead atoms. The van der Waals surface area contributed by atoms with Crippen molar-refractivity contribution in [2.24, 2.45) is 0 Å². The van der Waals surface area contributed by atoms with Crippen LogP contribution in [0.25, 0.3) is 0 Å². The number of carbonyl (C=O) groups is 1. The second-order valence-electron chi connectivity index (χ2n) is 4.97. The van der Waals surface area contributed by atoms with Crippen LogP contribution in [0.3, 0.4) is 0 Å². The first kappa shape index (κ1) is 15.5. The highest BCUT2D eigenvalue weighted by Crippen LogP contribution is 2.13. The molecule has 0 fully saturated rings. The van der Waals surface area contributed by atoms with Crippen LogP contribution in [0.2, 0.25) is 0 Å². The third-order valence-electron chi connectivity index (χ3n) is 2.79. The quantitative estimate of drug-likeness (QED) is 0.622. The smallest absolute Gasteiger partial charge is 0.335 e. The number of carboxylic acids is 1. The Morgan fingerprint density at radius 2 is 2.16 bits per heavy atom. The van der Waals surface area contributed by atoms with Crippen molar-refractivity contribution in [3.63, 3.8) is 0 Å². The van der Waals surface area contributed by atoms with Crippen LogP contribution in [-0.4, -0.2) is 41.5 Å². The van der Waals surface area contributed by atoms with Crippen molar-refractivity contribution in [3.05, 3.63) is 29.8 Å². The maximum atomic E-state index is 10.8. The van der Waals surface area contributed by atoms with Crippen molar-refractivity contribution in [2.75, 3.05) is 19.8 Å². The van der Waals surface area contributed by atoms with Gasteiger partial charge in [0, 0.05) is 18.7 Å². The highest BCUT2D eigenvalue weighted by atomic mass is 16.5. The molecule has 106 valence electrons. The first-order valence-corrected chi connectivity index (χ1v) is 6.27. The Kier molecular flexibility index (Phi) is 5.79. The average Bonchev–Trinajstić information content (AvgIpc) is 2.35. The van der Waals surface area contributed by atoms with E-state index in [1.54, 1.807) is 12.1 Å². The van der Waals surface area contributed by atoms with Gasteiger partial charge in [0.05, 0.1) is 5.56 Å². The highest BCUT2D eigenvalue weighted by molar-refractivity contribution is 5.87. The van der Waals surface area contributed by atoms with Gasteiger partial charge in [-0.05, 0) is 38.5 Å². The van der Waals surface area contributed by atoms with Crippen molar-refractivity contribution in [2.45, 2.75) is 25.8 Å². The van der Waals surface area contributed by atoms with E-state index in [0.29, 0.717) is 25.3 Å². The number of aromatic carboxylic acids is 1. The number of benzene rings is 1. The molecule has 0 saturated carbocycles. The first-order valence-electron chi connectivity index (χ1n) is 6.27. The van der Waals surface area contributed by atoms with Gasteiger partial charge in [-0.2, -0.15) is 0 Å². The van der Waals surface area contributed by atoms with E-state index in [2.05, 4.69) is 5.32 Å². The number of nitrogens with one attached hydrogen (secondary N) is 1. The Bertz CT molecular complexity index is 418. The second kappa shape index (κ2) is 7.11. The molecule has 0 heterocycles. The van der Waals surface area contributed by atoms with Crippen molar-refractivity contribution < 1.29 is 19.7 Å². The van der Waals surface area contributed by atoms with Crippen LogP contribution in [0.1, 0.15) is 30.6 Å². The molecule has 0 aliphatic heterocycles. The molecule has 19 heavy (non-hydrogen) atoms. The van der Waals surface area contributed by atoms with Gasteiger partial charge in [0.2, 0.25) is 0 Å². The van der Waals surface area contributed by atoms with E-state index in [4.69, 9.17) is 14.9 Å². The molecule has 1 rings (SSSR count). The standard InChI is InChI=1S/C14H21NO4/c1-14(2,6-8-16)15-7-9-19-12-5-3-4-11(10-12)13(17)18/h3-5,10,15-16H,6-9H2,1-2H3,(H,17,18). The topological polar surface area (TPSA) is 78.8 Å². The third-order valence-corrected chi connectivity index (χ3v) is 2.79. The summed E-state index contributed by atoms with van der Waals surface area (Å²) >= 11 is 0. The Labute approximate surface area is 113 Å². The molecule has 0 amide bonds. The predicted octanol–water partition coefficient (Wildman–Crippen LogP) is 1.51. The third kappa shape index (κ3) is 5.72. The van der Waals surface area contributed by atoms with Gasteiger partial charge in [0.25, 0.3) is 0 Å². The molecule has 5 nitrogen and oxygen atoms in total. The van der Waals surface area contributed by atoms with Crippen molar-refractivity contribution in [1.29, 1.82) is 0 Å². The predicted molar refractivity (Wildman–Crippen MR) is 72.7 cm³/mol. The van der Waals surface area contributed by atoms with E-state index in [1.807, 2.05) is 13.8 Å². The zero-order valence-corrected chi connectivity index (χ0v) is 11.3. The van der Waals surface area contributed by atoms with Gasteiger partial charge in [0.1, 0.15) is 12.4 Å². The number of rotatable bonds is 8. The van der Waals surface area contributed by atoms with Crippen LogP contribution in [-0.2, 0) is 0 Å². The fourth-order valence-electron chi connectivity index (χ4n) is 1.65. The number of ether oxygens (including phenoxy) is 1. The molecular formula is C14H21NO4. The van der Waals surface area contributed by atoms with E-state index < -0.39 is 5.97 Å². The van der Waals surface area contributed by atoms with Crippen molar-refractivity contribution in [1.82, 2.24) is 5.32 Å². The van der Waals surface area contributed by atoms with Gasteiger partial charge in [0.15, 0.2) is 0 Å². The summed E-state index contributed by atoms with van der Waals surface area (Å²) in [5.41, 5.74) is 0.0761. The molecule has 0 atom stereocenters. The molecule has 0 saturated heterocycles. The van der Waals surface area contributed by atoms with Crippen LogP contribution in [0.15, 0.2) is 24.3 Å². The van der Waals surface area contributed by atoms with Crippen LogP contribution >= 0.6 is 0 Å². The van der Waals surface area contributed by atoms with Crippen molar-refractivity contribution >= 4 is 5.97 Å². The van der Waals surface area contributed by atoms with Crippen LogP contribution in [0, 0.1) is 0 Å². The number of hydrogen-bond acceptors (Lipinski definition) is 4. The lowest BCUT2D eigenvalue weighted by Crippen LogP contribution is -2.42. The van der Waals surface area contributed by atoms with E-state index >= 15 is 0 Å². The lowest BCUT2D eigenvalue weighted by Gasteiger charge is -2.25. The Hall–Kier alpha value is -1.59. The second-order valence-corrected chi connectivity index (χ2v) is 4.97. The fraction of sp³-hybridized carbons (Fsp3) is 0.500. The molecule has 0 aromatic heterocycles. The molecule has 5 heteroatoms. The first-order chi connectivity index (χ1) is 8.94. The largest absolute Gasteiger partial charge is 0.492 e. The highest BCUT2D eigenvalue weighted by Gasteiger charge is 2.15. The summed E-state index contributed by atoms with van der Waals surface area (Å²) in [5.74, 6) is -0.422. The minimum atomic E-state index is -0.965. The minimum Gasteiger partial charge on any atom is -0.492 e. The van der Waals surface area contributed by atoms with E-state index in [1.165, 1.54) is 12.1 Å². The summed E-state index contributed by atoms with van der Waals surface area (Å²) in [6.07, 6.45) is 0.668. The Balaban J connectivity index is 2.37. The Morgan fingerprint density at radius 3 is 2.79 bits per heavy atom. The minimum absolute atomic E-state index is 0.138. The molecule has 0 aliphatic rings. The van der Waals surface area contributed by atoms with Crippen LogP contribution in [0.4, 0.5) is 0 Å². The van der Waals surface area contributed by atoms with Crippen LogP contribution < -0.4 is 10.1 Å². The zero-order chi connectivity index (χ0) is 14.3. The van der Waals surface area contributed by atoms with Gasteiger partial charge in [-0.15, -0.1) is 0 Å². The molecule has 3 N–H and O–H groups in total. The normalized spacial score (nSPS) is 11.3. The number of aliphatic hydroxyl groups excluding tert-OH is 1. The summed E-state index contributed by atoms with van der Waals surface area (Å²) in [7, 11) is 0. The van der Waals surface area contributed by atoms with Crippen LogP contribution in [0.5, 0.6) is 5.75 Å². The molecule has 1 aromatic carbocycles. The van der Waals surface area contributed by atoms with E-state index in [9.17, 15) is 4.79 Å². The average molecular weight is 267 g/mol. The molecule has 0 radical (unpaired) electrons. The number of hydrogen-bond donors (Lipinski definition) is 3. The molecule has 1 aromatic rings. The Morgan fingerprint density at radius 1 is 1.42 bits per heavy atom. The van der Waals surface area contributed by atoms with Gasteiger partial charge in [-0.1, -0.05) is 6.07 Å². The maximum Gasteiger partial charge on any atom is 0.335 e. The summed E-state index contributed by atoms with van der Waals surface area (Å²) < 4.78 is 5.48. The summed E-state index contributed by atoms with van der Waals surface area (Å²) in [5, 5.41) is 21.0. The van der Waals surface area contributed by atoms with Gasteiger partial charge in [-0.3, -0.25) is 0 Å². The lowest BCUT2D eigenvalue weighted by atomic mass is 10.0. The van der Waals surface area contributed by atoms with Gasteiger partial charge in [-0.25, -0.2) is 4.79 Å². The molecular weight excluding hydrogens is 246 g/mol. The van der Waals surface area contributed by atoms with Gasteiger partial charge < -0.3 is 20.3 Å². The van der Waals surface area contributed by atoms with E-state index in [-0.39, 0.29) is 17.7 Å². The number of carboxylic acid groups (broad SMARTS) is 1. The molecule has 0 unspecified atom stereocenters. The summed E-state index contributed by atoms with van der Waals surface area (Å²) in [6, 6.07) is 6.41.